The summed E-state index contributed by atoms with van der Waals surface area (Å²) in [4.78, 5) is 36.6. The SMILES string of the molecule is CC(C)OC(=O)c1ccc(NC(=O)[C@H]2[C@H]3C[C@@H]4[C@@H]2C(=O)O[C@@H]4C3)cc1. The first-order valence-electron chi connectivity index (χ1n) is 8.76. The van der Waals surface area contributed by atoms with Crippen molar-refractivity contribution in [1.29, 1.82) is 0 Å². The molecule has 5 atom stereocenters. The highest BCUT2D eigenvalue weighted by atomic mass is 16.6. The fourth-order valence-electron chi connectivity index (χ4n) is 4.56. The number of carbonyl (C=O) groups excluding carboxylic acids is 3. The lowest BCUT2D eigenvalue weighted by molar-refractivity contribution is -0.145. The van der Waals surface area contributed by atoms with Crippen LogP contribution in [0.2, 0.25) is 0 Å². The monoisotopic (exact) mass is 343 g/mol. The van der Waals surface area contributed by atoms with Gasteiger partial charge in [-0.25, -0.2) is 4.79 Å². The lowest BCUT2D eigenvalue weighted by Gasteiger charge is -2.23. The molecule has 1 saturated heterocycles. The van der Waals surface area contributed by atoms with E-state index in [4.69, 9.17) is 9.47 Å². The highest BCUT2D eigenvalue weighted by molar-refractivity contribution is 5.97. The lowest BCUT2D eigenvalue weighted by Crippen LogP contribution is -2.35. The molecule has 3 aliphatic rings. The third kappa shape index (κ3) is 2.69. The van der Waals surface area contributed by atoms with E-state index in [9.17, 15) is 14.4 Å². The standard InChI is InChI=1S/C19H21NO5/c1-9(2)24-18(22)10-3-5-12(6-4-10)20-17(21)15-11-7-13-14(8-11)25-19(23)16(13)15/h3-6,9,11,13-16H,7-8H2,1-2H3,(H,20,21)/t11-,13-,14+,15-,16-/m0/s1. The molecule has 4 rings (SSSR count). The molecule has 3 fully saturated rings. The Morgan fingerprint density at radius 3 is 2.60 bits per heavy atom. The Balaban J connectivity index is 1.43. The molecule has 0 radical (unpaired) electrons. The predicted octanol–water partition coefficient (Wildman–Crippen LogP) is 2.39. The molecule has 1 amide bonds. The van der Waals surface area contributed by atoms with Gasteiger partial charge in [0.25, 0.3) is 0 Å². The van der Waals surface area contributed by atoms with Crippen molar-refractivity contribution in [3.05, 3.63) is 29.8 Å². The van der Waals surface area contributed by atoms with E-state index < -0.39 is 0 Å². The normalized spacial score (nSPS) is 32.0. The number of rotatable bonds is 4. The summed E-state index contributed by atoms with van der Waals surface area (Å²) < 4.78 is 10.5. The first-order chi connectivity index (χ1) is 11.9. The van der Waals surface area contributed by atoms with Crippen molar-refractivity contribution in [2.75, 3.05) is 5.32 Å². The van der Waals surface area contributed by atoms with Crippen LogP contribution in [0.3, 0.4) is 0 Å². The van der Waals surface area contributed by atoms with Gasteiger partial charge in [-0.1, -0.05) is 0 Å². The first-order valence-corrected chi connectivity index (χ1v) is 8.76. The van der Waals surface area contributed by atoms with Crippen LogP contribution >= 0.6 is 0 Å². The van der Waals surface area contributed by atoms with E-state index in [1.807, 2.05) is 0 Å². The second kappa shape index (κ2) is 5.86. The van der Waals surface area contributed by atoms with Gasteiger partial charge in [-0.05, 0) is 56.9 Å². The summed E-state index contributed by atoms with van der Waals surface area (Å²) in [6.45, 7) is 3.58. The second-order valence-corrected chi connectivity index (χ2v) is 7.44. The smallest absolute Gasteiger partial charge is 0.338 e. The van der Waals surface area contributed by atoms with E-state index in [2.05, 4.69) is 5.32 Å². The number of esters is 2. The molecule has 6 heteroatoms. The fraction of sp³-hybridized carbons (Fsp3) is 0.526. The van der Waals surface area contributed by atoms with Crippen LogP contribution < -0.4 is 5.32 Å². The van der Waals surface area contributed by atoms with Gasteiger partial charge in [-0.2, -0.15) is 0 Å². The molecule has 25 heavy (non-hydrogen) atoms. The molecule has 0 unspecified atom stereocenters. The van der Waals surface area contributed by atoms with E-state index in [0.29, 0.717) is 11.3 Å². The quantitative estimate of drug-likeness (QED) is 0.849. The number of amides is 1. The highest BCUT2D eigenvalue weighted by Gasteiger charge is 2.63. The number of nitrogens with one attached hydrogen (secondary N) is 1. The first kappa shape index (κ1) is 16.1. The van der Waals surface area contributed by atoms with Gasteiger partial charge in [-0.15, -0.1) is 0 Å². The third-order valence-electron chi connectivity index (χ3n) is 5.52. The van der Waals surface area contributed by atoms with E-state index in [1.54, 1.807) is 38.1 Å². The van der Waals surface area contributed by atoms with Crippen LogP contribution in [-0.2, 0) is 19.1 Å². The van der Waals surface area contributed by atoms with E-state index in [1.165, 1.54) is 0 Å². The number of anilines is 1. The van der Waals surface area contributed by atoms with Crippen LogP contribution in [-0.4, -0.2) is 30.1 Å². The van der Waals surface area contributed by atoms with Gasteiger partial charge in [0.2, 0.25) is 5.91 Å². The Labute approximate surface area is 145 Å². The van der Waals surface area contributed by atoms with E-state index >= 15 is 0 Å². The summed E-state index contributed by atoms with van der Waals surface area (Å²) in [5.74, 6) is -0.894. The Kier molecular flexibility index (Phi) is 3.78. The molecule has 132 valence electrons. The average Bonchev–Trinajstić information content (AvgIpc) is 3.16. The number of ether oxygens (including phenoxy) is 2. The topological polar surface area (TPSA) is 81.7 Å². The fourth-order valence-corrected chi connectivity index (χ4v) is 4.56. The van der Waals surface area contributed by atoms with Gasteiger partial charge in [0, 0.05) is 11.6 Å². The largest absolute Gasteiger partial charge is 0.462 e. The number of hydrogen-bond acceptors (Lipinski definition) is 5. The number of hydrogen-bond donors (Lipinski definition) is 1. The van der Waals surface area contributed by atoms with Crippen molar-refractivity contribution < 1.29 is 23.9 Å². The lowest BCUT2D eigenvalue weighted by atomic mass is 9.79. The van der Waals surface area contributed by atoms with Crippen LogP contribution in [0.1, 0.15) is 37.0 Å². The van der Waals surface area contributed by atoms with Gasteiger partial charge >= 0.3 is 11.9 Å². The van der Waals surface area contributed by atoms with Crippen molar-refractivity contribution in [2.45, 2.75) is 38.9 Å². The van der Waals surface area contributed by atoms with Crippen molar-refractivity contribution >= 4 is 23.5 Å². The molecule has 0 spiro atoms. The summed E-state index contributed by atoms with van der Waals surface area (Å²) in [5, 5.41) is 2.88. The molecular formula is C19H21NO5. The van der Waals surface area contributed by atoms with Gasteiger partial charge in [0.05, 0.1) is 23.5 Å². The van der Waals surface area contributed by atoms with Crippen LogP contribution in [0.5, 0.6) is 0 Å². The molecule has 2 aliphatic carbocycles. The number of benzene rings is 1. The van der Waals surface area contributed by atoms with Crippen LogP contribution in [0, 0.1) is 23.7 Å². The minimum absolute atomic E-state index is 0.0257. The van der Waals surface area contributed by atoms with Crippen LogP contribution in [0.15, 0.2) is 24.3 Å². The van der Waals surface area contributed by atoms with Crippen molar-refractivity contribution in [2.24, 2.45) is 23.7 Å². The molecule has 1 N–H and O–H groups in total. The summed E-state index contributed by atoms with van der Waals surface area (Å²) in [7, 11) is 0. The van der Waals surface area contributed by atoms with Crippen LogP contribution in [0.4, 0.5) is 5.69 Å². The summed E-state index contributed by atoms with van der Waals surface area (Å²) in [6, 6.07) is 6.61. The second-order valence-electron chi connectivity index (χ2n) is 7.44. The summed E-state index contributed by atoms with van der Waals surface area (Å²) >= 11 is 0. The van der Waals surface area contributed by atoms with Crippen LogP contribution in [0.25, 0.3) is 0 Å². The zero-order valence-corrected chi connectivity index (χ0v) is 14.2. The van der Waals surface area contributed by atoms with E-state index in [0.717, 1.165) is 12.8 Å². The molecule has 6 nitrogen and oxygen atoms in total. The highest BCUT2D eigenvalue weighted by Crippen LogP contribution is 2.57. The Morgan fingerprint density at radius 1 is 1.20 bits per heavy atom. The Bertz CT molecular complexity index is 724. The molecule has 0 aromatic heterocycles. The molecular weight excluding hydrogens is 322 g/mol. The molecule has 2 saturated carbocycles. The third-order valence-corrected chi connectivity index (χ3v) is 5.52. The molecule has 1 heterocycles. The van der Waals surface area contributed by atoms with Crippen molar-refractivity contribution in [3.63, 3.8) is 0 Å². The van der Waals surface area contributed by atoms with Gasteiger partial charge in [0.1, 0.15) is 6.10 Å². The maximum Gasteiger partial charge on any atom is 0.338 e. The molecule has 1 aromatic rings. The molecule has 2 bridgehead atoms. The summed E-state index contributed by atoms with van der Waals surface area (Å²) in [6.07, 6.45) is 1.54. The van der Waals surface area contributed by atoms with E-state index in [-0.39, 0.29) is 53.7 Å². The summed E-state index contributed by atoms with van der Waals surface area (Å²) in [5.41, 5.74) is 1.05. The van der Waals surface area contributed by atoms with Gasteiger partial charge in [0.15, 0.2) is 0 Å². The zero-order chi connectivity index (χ0) is 17.7. The van der Waals surface area contributed by atoms with Gasteiger partial charge in [-0.3, -0.25) is 9.59 Å². The Hall–Kier alpha value is -2.37. The predicted molar refractivity (Wildman–Crippen MR) is 88.7 cm³/mol. The van der Waals surface area contributed by atoms with Gasteiger partial charge < -0.3 is 14.8 Å². The van der Waals surface area contributed by atoms with Crippen molar-refractivity contribution in [3.8, 4) is 0 Å². The van der Waals surface area contributed by atoms with Crippen molar-refractivity contribution in [1.82, 2.24) is 0 Å². The maximum atomic E-state index is 12.7. The number of carbonyl (C=O) groups is 3. The minimum atomic E-state index is -0.388. The Morgan fingerprint density at radius 2 is 1.92 bits per heavy atom. The average molecular weight is 343 g/mol. The molecule has 1 aliphatic heterocycles. The molecule has 1 aromatic carbocycles. The zero-order valence-electron chi connectivity index (χ0n) is 14.2. The maximum absolute atomic E-state index is 12.7. The minimum Gasteiger partial charge on any atom is -0.462 e. The number of fused-ring (bicyclic) bond motifs is 1.